The van der Waals surface area contributed by atoms with E-state index >= 15 is 0 Å². The number of ether oxygens (including phenoxy) is 3. The Morgan fingerprint density at radius 3 is 2.48 bits per heavy atom. The van der Waals surface area contributed by atoms with Crippen LogP contribution in [0, 0.1) is 34.5 Å². The molecule has 1 heterocycles. The van der Waals surface area contributed by atoms with E-state index < -0.39 is 47.5 Å². The van der Waals surface area contributed by atoms with E-state index in [1.807, 2.05) is 18.2 Å². The van der Waals surface area contributed by atoms with Gasteiger partial charge in [0, 0.05) is 29.2 Å². The number of ketones is 2. The topological polar surface area (TPSA) is 102 Å². The molecule has 1 N–H and O–H groups in total. The zero-order chi connectivity index (χ0) is 33.8. The number of fused-ring (bicyclic) bond motifs is 7. The summed E-state index contributed by atoms with van der Waals surface area (Å²) in [5.41, 5.74) is 0.203. The van der Waals surface area contributed by atoms with Crippen molar-refractivity contribution >= 4 is 17.5 Å². The van der Waals surface area contributed by atoms with Crippen LogP contribution < -0.4 is 0 Å². The van der Waals surface area contributed by atoms with Crippen molar-refractivity contribution in [2.45, 2.75) is 116 Å². The number of aliphatic hydroxyl groups excluding tert-OH is 1. The Labute approximate surface area is 285 Å². The highest BCUT2D eigenvalue weighted by atomic mass is 16.7. The van der Waals surface area contributed by atoms with Gasteiger partial charge in [0.25, 0.3) is 0 Å². The van der Waals surface area contributed by atoms with Gasteiger partial charge in [0.1, 0.15) is 0 Å². The van der Waals surface area contributed by atoms with Crippen LogP contribution >= 0.6 is 0 Å². The molecule has 6 aliphatic rings. The Bertz CT molecular complexity index is 1470. The maximum Gasteiger partial charge on any atom is 0.338 e. The van der Waals surface area contributed by atoms with Gasteiger partial charge in [-0.2, -0.15) is 0 Å². The van der Waals surface area contributed by atoms with Gasteiger partial charge in [0.15, 0.2) is 24.3 Å². The molecule has 0 aromatic heterocycles. The van der Waals surface area contributed by atoms with Crippen molar-refractivity contribution < 1.29 is 33.7 Å². The highest BCUT2D eigenvalue weighted by molar-refractivity contribution is 6.01. The van der Waals surface area contributed by atoms with E-state index in [0.717, 1.165) is 69.3 Å². The molecule has 1 aliphatic heterocycles. The minimum Gasteiger partial charge on any atom is -0.454 e. The van der Waals surface area contributed by atoms with Gasteiger partial charge in [0.2, 0.25) is 5.78 Å². The second-order valence-corrected chi connectivity index (χ2v) is 15.8. The van der Waals surface area contributed by atoms with Crippen molar-refractivity contribution in [1.29, 1.82) is 0 Å². The average Bonchev–Trinajstić information content (AvgIpc) is 3.60. The van der Waals surface area contributed by atoms with Crippen molar-refractivity contribution in [2.24, 2.45) is 34.5 Å². The Morgan fingerprint density at radius 2 is 1.77 bits per heavy atom. The van der Waals surface area contributed by atoms with Crippen LogP contribution in [0.1, 0.15) is 101 Å². The maximum atomic E-state index is 14.7. The minimum absolute atomic E-state index is 0.0108. The average molecular weight is 660 g/mol. The first-order chi connectivity index (χ1) is 23.0. The van der Waals surface area contributed by atoms with Crippen LogP contribution in [0.25, 0.3) is 0 Å². The molecule has 0 spiro atoms. The lowest BCUT2D eigenvalue weighted by Gasteiger charge is -2.59. The second-order valence-electron chi connectivity index (χ2n) is 15.8. The van der Waals surface area contributed by atoms with Gasteiger partial charge in [0.05, 0.1) is 17.8 Å². The quantitative estimate of drug-likeness (QED) is 0.313. The van der Waals surface area contributed by atoms with Gasteiger partial charge >= 0.3 is 5.97 Å². The number of esters is 1. The molecule has 1 aromatic carbocycles. The fourth-order valence-electron chi connectivity index (χ4n) is 11.0. The molecule has 8 heteroatoms. The third-order valence-corrected chi connectivity index (χ3v) is 13.5. The second kappa shape index (κ2) is 12.9. The normalized spacial score (nSPS) is 39.0. The third-order valence-electron chi connectivity index (χ3n) is 13.5. The van der Waals surface area contributed by atoms with Gasteiger partial charge in [-0.1, -0.05) is 70.7 Å². The van der Waals surface area contributed by atoms with Crippen molar-refractivity contribution in [1.82, 2.24) is 4.90 Å². The predicted molar refractivity (Wildman–Crippen MR) is 181 cm³/mol. The molecule has 0 amide bonds. The molecule has 260 valence electrons. The molecule has 8 nitrogen and oxygen atoms in total. The summed E-state index contributed by atoms with van der Waals surface area (Å²) in [6.45, 7) is 10.8. The summed E-state index contributed by atoms with van der Waals surface area (Å²) in [6.07, 6.45) is 11.9. The van der Waals surface area contributed by atoms with Crippen LogP contribution in [-0.4, -0.2) is 71.3 Å². The summed E-state index contributed by atoms with van der Waals surface area (Å²) in [4.78, 5) is 42.6. The van der Waals surface area contributed by atoms with Gasteiger partial charge in [-0.25, -0.2) is 4.79 Å². The molecular formula is C40H53NO7. The van der Waals surface area contributed by atoms with Crippen LogP contribution in [-0.2, 0) is 30.3 Å². The van der Waals surface area contributed by atoms with Crippen LogP contribution in [0.4, 0.5) is 0 Å². The summed E-state index contributed by atoms with van der Waals surface area (Å²) >= 11 is 0. The first-order valence-corrected chi connectivity index (χ1v) is 18.5. The lowest BCUT2D eigenvalue weighted by Crippen LogP contribution is -2.63. The summed E-state index contributed by atoms with van der Waals surface area (Å²) < 4.78 is 19.5. The molecule has 5 fully saturated rings. The Morgan fingerprint density at radius 1 is 1.04 bits per heavy atom. The smallest absolute Gasteiger partial charge is 0.338 e. The van der Waals surface area contributed by atoms with Gasteiger partial charge in [-0.15, -0.1) is 0 Å². The van der Waals surface area contributed by atoms with E-state index in [4.69, 9.17) is 14.2 Å². The summed E-state index contributed by atoms with van der Waals surface area (Å²) in [5, 5.41) is 12.1. The zero-order valence-corrected chi connectivity index (χ0v) is 29.1. The SMILES string of the molecule is CCN(CC)Cc1ccc(C(=O)OCC(=O)[C@@]23O[C@H](C4CCCCC4)O[C@@H]2C[C@H]2[C@@H]4CCC5=CC(=O)C=C[C@]5(C)[C@H]4[C@@H](O)C[C@@]23C)cc1. The van der Waals surface area contributed by atoms with Crippen molar-refractivity contribution in [2.75, 3.05) is 19.7 Å². The highest BCUT2D eigenvalue weighted by Crippen LogP contribution is 2.70. The van der Waals surface area contributed by atoms with E-state index in [1.54, 1.807) is 24.3 Å². The first-order valence-electron chi connectivity index (χ1n) is 18.5. The van der Waals surface area contributed by atoms with Gasteiger partial charge < -0.3 is 19.3 Å². The van der Waals surface area contributed by atoms with Gasteiger partial charge in [-0.3, -0.25) is 14.5 Å². The largest absolute Gasteiger partial charge is 0.454 e. The number of rotatable bonds is 9. The predicted octanol–water partition coefficient (Wildman–Crippen LogP) is 6.20. The molecule has 4 saturated carbocycles. The number of Topliss-reactive ketones (excluding diaryl/α,β-unsaturated/α-hetero) is 1. The first kappa shape index (κ1) is 33.8. The molecule has 5 aliphatic carbocycles. The van der Waals surface area contributed by atoms with Gasteiger partial charge in [-0.05, 0) is 93.3 Å². The Hall–Kier alpha value is -2.65. The zero-order valence-electron chi connectivity index (χ0n) is 29.1. The molecular weight excluding hydrogens is 606 g/mol. The van der Waals surface area contributed by atoms with E-state index in [0.29, 0.717) is 18.4 Å². The maximum absolute atomic E-state index is 14.7. The molecule has 48 heavy (non-hydrogen) atoms. The Balaban J connectivity index is 1.14. The van der Waals surface area contributed by atoms with Crippen LogP contribution in [0.2, 0.25) is 0 Å². The molecule has 0 unspecified atom stereocenters. The monoisotopic (exact) mass is 659 g/mol. The minimum atomic E-state index is -1.31. The van der Waals surface area contributed by atoms with E-state index in [9.17, 15) is 19.5 Å². The highest BCUT2D eigenvalue weighted by Gasteiger charge is 2.76. The molecule has 1 saturated heterocycles. The number of hydrogen-bond acceptors (Lipinski definition) is 8. The van der Waals surface area contributed by atoms with Crippen molar-refractivity contribution in [3.63, 3.8) is 0 Å². The molecule has 9 atom stereocenters. The molecule has 7 rings (SSSR count). The lowest BCUT2D eigenvalue weighted by molar-refractivity contribution is -0.209. The van der Waals surface area contributed by atoms with Crippen LogP contribution in [0.3, 0.4) is 0 Å². The fourth-order valence-corrected chi connectivity index (χ4v) is 11.0. The Kier molecular flexibility index (Phi) is 9.10. The summed E-state index contributed by atoms with van der Waals surface area (Å²) in [7, 11) is 0. The lowest BCUT2D eigenvalue weighted by atomic mass is 9.46. The van der Waals surface area contributed by atoms with E-state index in [2.05, 4.69) is 32.6 Å². The van der Waals surface area contributed by atoms with Crippen molar-refractivity contribution in [3.05, 3.63) is 59.2 Å². The molecule has 0 bridgehead atoms. The molecule has 0 radical (unpaired) electrons. The number of allylic oxidation sites excluding steroid dienone is 4. The van der Waals surface area contributed by atoms with Crippen molar-refractivity contribution in [3.8, 4) is 0 Å². The number of carbonyl (C=O) groups excluding carboxylic acids is 3. The molecule has 1 aromatic rings. The number of hydrogen-bond donors (Lipinski definition) is 1. The number of aliphatic hydroxyl groups is 1. The third kappa shape index (κ3) is 5.37. The van der Waals surface area contributed by atoms with Crippen LogP contribution in [0.5, 0.6) is 0 Å². The van der Waals surface area contributed by atoms with Crippen LogP contribution in [0.15, 0.2) is 48.1 Å². The summed E-state index contributed by atoms with van der Waals surface area (Å²) in [6, 6.07) is 7.43. The summed E-state index contributed by atoms with van der Waals surface area (Å²) in [5.74, 6) is -0.425. The van der Waals surface area contributed by atoms with E-state index in [1.165, 1.54) is 6.42 Å². The number of carbonyl (C=O) groups is 3. The van der Waals surface area contributed by atoms with E-state index in [-0.39, 0.29) is 35.2 Å². The fraction of sp³-hybridized carbons (Fsp3) is 0.675. The standard InChI is InChI=1S/C40H53NO7/c1-5-41(6-2)23-25-12-14-26(15-13-25)36(45)46-24-33(44)40-34(47-37(48-40)27-10-8-7-9-11-27)21-31-30-17-16-28-20-29(42)18-19-38(28,3)35(30)32(43)22-39(31,40)4/h12-15,18-20,27,30-32,34-35,37,43H,5-11,16-17,21-24H2,1-4H3/t30-,31-,32-,34+,35+,37+,38-,39-,40+/m0/s1. The number of nitrogens with zero attached hydrogens (tertiary/aromatic N) is 1. The number of benzene rings is 1.